The van der Waals surface area contributed by atoms with E-state index in [1.54, 1.807) is 12.1 Å². The first kappa shape index (κ1) is 14.1. The Bertz CT molecular complexity index is 890. The fourth-order valence-corrected chi connectivity index (χ4v) is 3.07. The Morgan fingerprint density at radius 2 is 2.09 bits per heavy atom. The van der Waals surface area contributed by atoms with Crippen molar-refractivity contribution >= 4 is 17.3 Å². The molecular formula is C17H15ClN4O. The van der Waals surface area contributed by atoms with Crippen LogP contribution in [0.2, 0.25) is 5.02 Å². The summed E-state index contributed by atoms with van der Waals surface area (Å²) in [6.07, 6.45) is 0. The van der Waals surface area contributed by atoms with E-state index in [0.29, 0.717) is 5.02 Å². The van der Waals surface area contributed by atoms with Crippen molar-refractivity contribution in [2.75, 3.05) is 11.9 Å². The molecule has 0 aliphatic carbocycles. The summed E-state index contributed by atoms with van der Waals surface area (Å²) in [5.41, 5.74) is 2.69. The lowest BCUT2D eigenvalue weighted by molar-refractivity contribution is 0.475. The summed E-state index contributed by atoms with van der Waals surface area (Å²) < 4.78 is 2.03. The lowest BCUT2D eigenvalue weighted by Gasteiger charge is -2.12. The number of phenols is 1. The van der Waals surface area contributed by atoms with E-state index in [2.05, 4.69) is 22.4 Å². The van der Waals surface area contributed by atoms with Gasteiger partial charge in [-0.25, -0.2) is 0 Å². The molecule has 2 aromatic carbocycles. The predicted octanol–water partition coefficient (Wildman–Crippen LogP) is 3.82. The van der Waals surface area contributed by atoms with Gasteiger partial charge in [0.25, 0.3) is 0 Å². The average Bonchev–Trinajstić information content (AvgIpc) is 2.92. The Kier molecular flexibility index (Phi) is 3.23. The molecule has 1 atom stereocenters. The molecule has 3 aromatic rings. The maximum atomic E-state index is 9.77. The minimum absolute atomic E-state index is 0.185. The van der Waals surface area contributed by atoms with Gasteiger partial charge in [-0.1, -0.05) is 30.7 Å². The molecule has 23 heavy (non-hydrogen) atoms. The Balaban J connectivity index is 1.99. The number of rotatable bonds is 1. The number of hydrogen-bond donors (Lipinski definition) is 2. The number of aromatic hydroxyl groups is 1. The van der Waals surface area contributed by atoms with Gasteiger partial charge < -0.3 is 10.4 Å². The van der Waals surface area contributed by atoms with Gasteiger partial charge in [0.05, 0.1) is 11.4 Å². The lowest BCUT2D eigenvalue weighted by Crippen LogP contribution is -2.09. The van der Waals surface area contributed by atoms with Crippen molar-refractivity contribution in [3.63, 3.8) is 0 Å². The van der Waals surface area contributed by atoms with Crippen molar-refractivity contribution in [2.24, 2.45) is 0 Å². The Hall–Kier alpha value is -2.53. The van der Waals surface area contributed by atoms with Gasteiger partial charge in [-0.05, 0) is 24.3 Å². The third-order valence-corrected chi connectivity index (χ3v) is 4.27. The van der Waals surface area contributed by atoms with E-state index in [1.165, 1.54) is 0 Å². The fourth-order valence-electron chi connectivity index (χ4n) is 2.88. The molecule has 0 unspecified atom stereocenters. The van der Waals surface area contributed by atoms with Crippen LogP contribution in [0.15, 0.2) is 42.5 Å². The monoisotopic (exact) mass is 326 g/mol. The number of aromatic nitrogens is 3. The molecule has 4 rings (SSSR count). The fraction of sp³-hybridized carbons (Fsp3) is 0.176. The summed E-state index contributed by atoms with van der Waals surface area (Å²) in [5, 5.41) is 22.6. The molecule has 0 bridgehead atoms. The number of fused-ring (bicyclic) bond motifs is 3. The van der Waals surface area contributed by atoms with Gasteiger partial charge in [0, 0.05) is 29.1 Å². The highest BCUT2D eigenvalue weighted by atomic mass is 35.5. The van der Waals surface area contributed by atoms with E-state index < -0.39 is 0 Å². The highest BCUT2D eigenvalue weighted by molar-refractivity contribution is 6.30. The van der Waals surface area contributed by atoms with Crippen LogP contribution in [0.5, 0.6) is 5.75 Å². The number of halogens is 1. The highest BCUT2D eigenvalue weighted by Gasteiger charge is 2.25. The second-order valence-corrected chi connectivity index (χ2v) is 6.15. The molecule has 2 heterocycles. The summed E-state index contributed by atoms with van der Waals surface area (Å²) in [7, 11) is 0. The summed E-state index contributed by atoms with van der Waals surface area (Å²) >= 11 is 6.12. The van der Waals surface area contributed by atoms with Gasteiger partial charge in [0.15, 0.2) is 5.82 Å². The largest absolute Gasteiger partial charge is 0.508 e. The molecule has 0 saturated heterocycles. The van der Waals surface area contributed by atoms with Crippen LogP contribution in [0.1, 0.15) is 18.7 Å². The van der Waals surface area contributed by atoms with Gasteiger partial charge in [-0.2, -0.15) is 0 Å². The minimum atomic E-state index is 0.185. The van der Waals surface area contributed by atoms with E-state index >= 15 is 0 Å². The van der Waals surface area contributed by atoms with Gasteiger partial charge in [0.2, 0.25) is 0 Å². The van der Waals surface area contributed by atoms with Gasteiger partial charge in [-0.15, -0.1) is 10.2 Å². The molecule has 116 valence electrons. The maximum absolute atomic E-state index is 9.77. The smallest absolute Gasteiger partial charge is 0.168 e. The molecule has 1 aliphatic heterocycles. The molecule has 0 amide bonds. The van der Waals surface area contributed by atoms with Crippen molar-refractivity contribution in [1.82, 2.24) is 14.8 Å². The van der Waals surface area contributed by atoms with Crippen LogP contribution < -0.4 is 5.32 Å². The summed E-state index contributed by atoms with van der Waals surface area (Å²) in [5.74, 6) is 2.04. The second-order valence-electron chi connectivity index (χ2n) is 5.71. The summed E-state index contributed by atoms with van der Waals surface area (Å²) in [6, 6.07) is 12.8. The standard InChI is InChI=1S/C17H15ClN4O/c1-10-9-19-14-8-13(23)5-6-15(14)22-16(10)20-21-17(22)11-3-2-4-12(18)7-11/h2-8,10,19,23H,9H2,1H3/t10-/m0/s1. The molecule has 0 fully saturated rings. The molecule has 0 spiro atoms. The minimum Gasteiger partial charge on any atom is -0.508 e. The first-order valence-corrected chi connectivity index (χ1v) is 7.80. The molecule has 1 aromatic heterocycles. The van der Waals surface area contributed by atoms with Crippen molar-refractivity contribution < 1.29 is 5.11 Å². The van der Waals surface area contributed by atoms with Crippen molar-refractivity contribution in [1.29, 1.82) is 0 Å². The van der Waals surface area contributed by atoms with Gasteiger partial charge >= 0.3 is 0 Å². The van der Waals surface area contributed by atoms with E-state index in [-0.39, 0.29) is 11.7 Å². The summed E-state index contributed by atoms with van der Waals surface area (Å²) in [4.78, 5) is 0. The molecule has 6 heteroatoms. The molecule has 2 N–H and O–H groups in total. The first-order chi connectivity index (χ1) is 11.1. The third-order valence-electron chi connectivity index (χ3n) is 4.03. The van der Waals surface area contributed by atoms with Crippen LogP contribution >= 0.6 is 11.6 Å². The normalized spacial score (nSPS) is 16.2. The van der Waals surface area contributed by atoms with E-state index in [4.69, 9.17) is 11.6 Å². The first-order valence-electron chi connectivity index (χ1n) is 7.42. The van der Waals surface area contributed by atoms with E-state index in [1.807, 2.05) is 34.9 Å². The van der Waals surface area contributed by atoms with Crippen molar-refractivity contribution in [2.45, 2.75) is 12.8 Å². The van der Waals surface area contributed by atoms with Crippen LogP contribution in [-0.2, 0) is 0 Å². The van der Waals surface area contributed by atoms with Crippen molar-refractivity contribution in [3.8, 4) is 22.8 Å². The number of benzene rings is 2. The third kappa shape index (κ3) is 2.33. The average molecular weight is 327 g/mol. The predicted molar refractivity (Wildman–Crippen MR) is 90.4 cm³/mol. The zero-order valence-corrected chi connectivity index (χ0v) is 13.2. The highest BCUT2D eigenvalue weighted by Crippen LogP contribution is 2.35. The lowest BCUT2D eigenvalue weighted by atomic mass is 10.1. The van der Waals surface area contributed by atoms with E-state index in [0.717, 1.165) is 35.1 Å². The zero-order valence-electron chi connectivity index (χ0n) is 12.5. The SMILES string of the molecule is C[C@H]1CNc2cc(O)ccc2-n2c(-c3cccc(Cl)c3)nnc21. The van der Waals surface area contributed by atoms with Crippen LogP contribution in [0.4, 0.5) is 5.69 Å². The number of nitrogens with zero attached hydrogens (tertiary/aromatic N) is 3. The molecule has 5 nitrogen and oxygen atoms in total. The maximum Gasteiger partial charge on any atom is 0.168 e. The number of anilines is 1. The van der Waals surface area contributed by atoms with Crippen LogP contribution in [-0.4, -0.2) is 26.4 Å². The Morgan fingerprint density at radius 3 is 2.91 bits per heavy atom. The van der Waals surface area contributed by atoms with Gasteiger partial charge in [-0.3, -0.25) is 4.57 Å². The van der Waals surface area contributed by atoms with E-state index in [9.17, 15) is 5.11 Å². The van der Waals surface area contributed by atoms with Crippen LogP contribution in [0.3, 0.4) is 0 Å². The van der Waals surface area contributed by atoms with Gasteiger partial charge in [0.1, 0.15) is 11.6 Å². The Labute approximate surface area is 138 Å². The molecule has 0 saturated carbocycles. The summed E-state index contributed by atoms with van der Waals surface area (Å²) in [6.45, 7) is 2.82. The second kappa shape index (κ2) is 5.28. The van der Waals surface area contributed by atoms with Crippen LogP contribution in [0, 0.1) is 0 Å². The quantitative estimate of drug-likeness (QED) is 0.713. The molecule has 1 aliphatic rings. The molecule has 0 radical (unpaired) electrons. The molecular weight excluding hydrogens is 312 g/mol. The number of hydrogen-bond acceptors (Lipinski definition) is 4. The Morgan fingerprint density at radius 1 is 1.22 bits per heavy atom. The zero-order chi connectivity index (χ0) is 16.0. The topological polar surface area (TPSA) is 63.0 Å². The van der Waals surface area contributed by atoms with Crippen LogP contribution in [0.25, 0.3) is 17.1 Å². The van der Waals surface area contributed by atoms with Crippen molar-refractivity contribution in [3.05, 3.63) is 53.3 Å². The number of phenolic OH excluding ortho intramolecular Hbond substituents is 1. The number of nitrogens with one attached hydrogen (secondary N) is 1.